The van der Waals surface area contributed by atoms with E-state index in [0.717, 1.165) is 47.9 Å². The lowest BCUT2D eigenvalue weighted by atomic mass is 9.79. The van der Waals surface area contributed by atoms with Crippen molar-refractivity contribution >= 4 is 0 Å². The van der Waals surface area contributed by atoms with Crippen LogP contribution in [0.4, 0.5) is 8.78 Å². The van der Waals surface area contributed by atoms with Crippen molar-refractivity contribution in [2.75, 3.05) is 0 Å². The van der Waals surface area contributed by atoms with Crippen LogP contribution in [0.15, 0.2) is 54.6 Å². The predicted octanol–water partition coefficient (Wildman–Crippen LogP) is 6.34. The third kappa shape index (κ3) is 3.43. The first-order valence-corrected chi connectivity index (χ1v) is 9.69. The zero-order valence-electron chi connectivity index (χ0n) is 15.8. The molecule has 0 heterocycles. The number of fused-ring (bicyclic) bond motifs is 1. The van der Waals surface area contributed by atoms with Gasteiger partial charge in [0.05, 0.1) is 5.56 Å². The topological polar surface area (TPSA) is 23.8 Å². The minimum atomic E-state index is -0.496. The second kappa shape index (κ2) is 7.56. The average Bonchev–Trinajstić information content (AvgIpc) is 2.72. The van der Waals surface area contributed by atoms with Crippen LogP contribution in [-0.2, 0) is 19.3 Å². The third-order valence-corrected chi connectivity index (χ3v) is 5.77. The van der Waals surface area contributed by atoms with Gasteiger partial charge < -0.3 is 0 Å². The van der Waals surface area contributed by atoms with Crippen LogP contribution in [0.2, 0.25) is 0 Å². The lowest BCUT2D eigenvalue weighted by Crippen LogP contribution is -2.14. The molecule has 3 aromatic rings. The van der Waals surface area contributed by atoms with Crippen LogP contribution < -0.4 is 0 Å². The van der Waals surface area contributed by atoms with Crippen molar-refractivity contribution in [3.8, 4) is 17.2 Å². The summed E-state index contributed by atoms with van der Waals surface area (Å²) in [6.45, 7) is 2.03. The van der Waals surface area contributed by atoms with Gasteiger partial charge in [0.2, 0.25) is 0 Å². The van der Waals surface area contributed by atoms with Crippen LogP contribution in [0.1, 0.15) is 47.1 Å². The number of rotatable bonds is 3. The normalized spacial score (nSPS) is 15.7. The third-order valence-electron chi connectivity index (χ3n) is 5.77. The first kappa shape index (κ1) is 18.4. The fourth-order valence-electron chi connectivity index (χ4n) is 4.11. The molecule has 1 nitrogen and oxygen atoms in total. The van der Waals surface area contributed by atoms with Gasteiger partial charge in [-0.2, -0.15) is 5.26 Å². The van der Waals surface area contributed by atoms with Crippen molar-refractivity contribution in [2.45, 2.75) is 38.5 Å². The molecule has 4 rings (SSSR count). The second-order valence-electron chi connectivity index (χ2n) is 7.44. The second-order valence-corrected chi connectivity index (χ2v) is 7.44. The van der Waals surface area contributed by atoms with Crippen LogP contribution >= 0.6 is 0 Å². The van der Waals surface area contributed by atoms with Crippen molar-refractivity contribution in [2.24, 2.45) is 0 Å². The largest absolute Gasteiger partial charge is 0.207 e. The van der Waals surface area contributed by atoms with Gasteiger partial charge in [-0.15, -0.1) is 0 Å². The van der Waals surface area contributed by atoms with Gasteiger partial charge in [0, 0.05) is 0 Å². The summed E-state index contributed by atoms with van der Waals surface area (Å²) >= 11 is 0. The maximum Gasteiger partial charge on any atom is 0.141 e. The summed E-state index contributed by atoms with van der Waals surface area (Å²) < 4.78 is 28.5. The van der Waals surface area contributed by atoms with Crippen LogP contribution in [0.3, 0.4) is 0 Å². The summed E-state index contributed by atoms with van der Waals surface area (Å²) in [6.07, 6.45) is 3.44. The van der Waals surface area contributed by atoms with Gasteiger partial charge in [0.15, 0.2) is 0 Å². The molecule has 3 heteroatoms. The summed E-state index contributed by atoms with van der Waals surface area (Å²) in [7, 11) is 0. The average molecular weight is 373 g/mol. The molecule has 0 radical (unpaired) electrons. The quantitative estimate of drug-likeness (QED) is 0.526. The molecule has 140 valence electrons. The van der Waals surface area contributed by atoms with E-state index in [1.807, 2.05) is 31.2 Å². The lowest BCUT2D eigenvalue weighted by Gasteiger charge is -2.26. The van der Waals surface area contributed by atoms with Crippen LogP contribution in [0.5, 0.6) is 0 Å². The van der Waals surface area contributed by atoms with E-state index in [4.69, 9.17) is 5.26 Å². The molecule has 28 heavy (non-hydrogen) atoms. The van der Waals surface area contributed by atoms with Gasteiger partial charge in [-0.3, -0.25) is 0 Å². The molecule has 0 aliphatic heterocycles. The molecule has 1 aliphatic carbocycles. The number of benzene rings is 3. The highest BCUT2D eigenvalue weighted by Crippen LogP contribution is 2.36. The highest BCUT2D eigenvalue weighted by molar-refractivity contribution is 5.66. The van der Waals surface area contributed by atoms with Crippen molar-refractivity contribution in [3.05, 3.63) is 94.0 Å². The van der Waals surface area contributed by atoms with E-state index in [2.05, 4.69) is 12.1 Å². The maximum absolute atomic E-state index is 14.5. The summed E-state index contributed by atoms with van der Waals surface area (Å²) in [5.41, 5.74) is 6.07. The van der Waals surface area contributed by atoms with Crippen LogP contribution in [0.25, 0.3) is 11.1 Å². The number of hydrogen-bond donors (Lipinski definition) is 0. The molecule has 0 N–H and O–H groups in total. The van der Waals surface area contributed by atoms with E-state index in [1.165, 1.54) is 23.3 Å². The van der Waals surface area contributed by atoms with Gasteiger partial charge in [0.1, 0.15) is 17.7 Å². The van der Waals surface area contributed by atoms with Crippen LogP contribution in [-0.4, -0.2) is 0 Å². The summed E-state index contributed by atoms with van der Waals surface area (Å²) in [4.78, 5) is 0. The number of nitriles is 1. The zero-order valence-corrected chi connectivity index (χ0v) is 15.8. The lowest BCUT2D eigenvalue weighted by molar-refractivity contribution is 0.533. The molecule has 0 bridgehead atoms. The molecule has 1 aliphatic rings. The molecule has 0 spiro atoms. The standard InChI is InChI=1S/C25H21F2N/c1-2-16-3-10-23(25(27)11-16)21-8-6-17-12-18(4-5-19(17)13-21)20-7-9-22(15-28)24(26)14-20/h3-5,7,9-12,14,21H,2,6,8,13H2,1H3. The van der Waals surface area contributed by atoms with Gasteiger partial charge in [-0.05, 0) is 83.2 Å². The Balaban J connectivity index is 1.60. The van der Waals surface area contributed by atoms with E-state index >= 15 is 0 Å². The van der Waals surface area contributed by atoms with Crippen molar-refractivity contribution in [3.63, 3.8) is 0 Å². The summed E-state index contributed by atoms with van der Waals surface area (Å²) in [5, 5.41) is 8.89. The highest BCUT2D eigenvalue weighted by atomic mass is 19.1. The first-order chi connectivity index (χ1) is 13.6. The van der Waals surface area contributed by atoms with Gasteiger partial charge in [-0.25, -0.2) is 8.78 Å². The Morgan fingerprint density at radius 2 is 1.71 bits per heavy atom. The zero-order chi connectivity index (χ0) is 19.7. The van der Waals surface area contributed by atoms with Gasteiger partial charge >= 0.3 is 0 Å². The number of hydrogen-bond acceptors (Lipinski definition) is 1. The molecule has 1 unspecified atom stereocenters. The summed E-state index contributed by atoms with van der Waals surface area (Å²) in [6, 6.07) is 18.3. The molecule has 3 aromatic carbocycles. The van der Waals surface area contributed by atoms with E-state index in [1.54, 1.807) is 12.1 Å². The molecule has 0 amide bonds. The maximum atomic E-state index is 14.5. The first-order valence-electron chi connectivity index (χ1n) is 9.69. The molecular formula is C25H21F2N. The predicted molar refractivity (Wildman–Crippen MR) is 107 cm³/mol. The minimum absolute atomic E-state index is 0.0562. The Bertz CT molecular complexity index is 1080. The Morgan fingerprint density at radius 3 is 2.43 bits per heavy atom. The Kier molecular flexibility index (Phi) is 4.96. The van der Waals surface area contributed by atoms with Crippen molar-refractivity contribution in [1.82, 2.24) is 0 Å². The van der Waals surface area contributed by atoms with Gasteiger partial charge in [0.25, 0.3) is 0 Å². The smallest absolute Gasteiger partial charge is 0.141 e. The molecule has 0 aromatic heterocycles. The van der Waals surface area contributed by atoms with E-state index in [9.17, 15) is 8.78 Å². The molecule has 0 saturated heterocycles. The van der Waals surface area contributed by atoms with E-state index in [0.29, 0.717) is 0 Å². The van der Waals surface area contributed by atoms with Gasteiger partial charge in [-0.1, -0.05) is 43.3 Å². The van der Waals surface area contributed by atoms with Crippen molar-refractivity contribution in [1.29, 1.82) is 5.26 Å². The Morgan fingerprint density at radius 1 is 0.929 bits per heavy atom. The van der Waals surface area contributed by atoms with E-state index in [-0.39, 0.29) is 17.3 Å². The van der Waals surface area contributed by atoms with E-state index < -0.39 is 5.82 Å². The Hall–Kier alpha value is -2.99. The number of nitrogens with zero attached hydrogens (tertiary/aromatic N) is 1. The van der Waals surface area contributed by atoms with Crippen molar-refractivity contribution < 1.29 is 8.78 Å². The summed E-state index contributed by atoms with van der Waals surface area (Å²) in [5.74, 6) is -0.405. The van der Waals surface area contributed by atoms with Crippen LogP contribution in [0, 0.1) is 23.0 Å². The Labute approximate surface area is 164 Å². The molecule has 1 atom stereocenters. The number of halogens is 2. The fourth-order valence-corrected chi connectivity index (χ4v) is 4.11. The molecule has 0 fully saturated rings. The SMILES string of the molecule is CCc1ccc(C2CCc3cc(-c4ccc(C#N)c(F)c4)ccc3C2)c(F)c1. The highest BCUT2D eigenvalue weighted by Gasteiger charge is 2.23. The fraction of sp³-hybridized carbons (Fsp3) is 0.240. The monoisotopic (exact) mass is 373 g/mol. The molecule has 0 saturated carbocycles. The number of aryl methyl sites for hydroxylation is 2. The molecular weight excluding hydrogens is 352 g/mol. The minimum Gasteiger partial charge on any atom is -0.207 e.